The van der Waals surface area contributed by atoms with Crippen molar-refractivity contribution in [3.05, 3.63) is 0 Å². The number of amides is 8. The van der Waals surface area contributed by atoms with Gasteiger partial charge in [-0.15, -0.1) is 15.2 Å². The molecule has 19 nitrogen and oxygen atoms in total. The highest BCUT2D eigenvalue weighted by Crippen LogP contribution is 2.16. The van der Waals surface area contributed by atoms with E-state index in [9.17, 15) is 52.7 Å². The van der Waals surface area contributed by atoms with Crippen LogP contribution in [0.1, 0.15) is 83.5 Å². The van der Waals surface area contributed by atoms with E-state index in [0.717, 1.165) is 0 Å². The van der Waals surface area contributed by atoms with Gasteiger partial charge in [0.25, 0.3) is 35.4 Å². The van der Waals surface area contributed by atoms with Crippen LogP contribution in [-0.2, 0) is 67.3 Å². The molecule has 0 aliphatic carbocycles. The summed E-state index contributed by atoms with van der Waals surface area (Å²) in [6.07, 6.45) is -1.97. The summed E-state index contributed by atoms with van der Waals surface area (Å²) in [5.41, 5.74) is 0. The lowest BCUT2D eigenvalue weighted by Crippen LogP contribution is -2.45. The number of nitrogens with zero attached hydrogens (tertiary/aromatic N) is 3. The molecule has 3 aliphatic rings. The van der Waals surface area contributed by atoms with E-state index >= 15 is 0 Å². The molecule has 3 aliphatic heterocycles. The number of rotatable bonds is 16. The molecule has 0 spiro atoms. The third kappa shape index (κ3) is 10.2. The highest BCUT2D eigenvalue weighted by atomic mass is 16.7. The van der Waals surface area contributed by atoms with Gasteiger partial charge in [0.1, 0.15) is 6.04 Å². The zero-order chi connectivity index (χ0) is 33.1. The molecule has 1 unspecified atom stereocenters. The van der Waals surface area contributed by atoms with Crippen molar-refractivity contribution < 1.29 is 67.3 Å². The van der Waals surface area contributed by atoms with Crippen LogP contribution in [0.2, 0.25) is 0 Å². The van der Waals surface area contributed by atoms with Crippen molar-refractivity contribution in [3.8, 4) is 0 Å². The van der Waals surface area contributed by atoms with Crippen LogP contribution < -0.4 is 10.6 Å². The van der Waals surface area contributed by atoms with Gasteiger partial charge in [-0.05, 0) is 19.3 Å². The molecule has 0 radical (unpaired) electrons. The molecule has 45 heavy (non-hydrogen) atoms. The summed E-state index contributed by atoms with van der Waals surface area (Å²) in [7, 11) is 0. The summed E-state index contributed by atoms with van der Waals surface area (Å²) in [6.45, 7) is 0.0928. The first-order valence-electron chi connectivity index (χ1n) is 14.1. The van der Waals surface area contributed by atoms with Gasteiger partial charge in [0.05, 0.1) is 12.8 Å². The molecule has 3 rings (SSSR count). The Morgan fingerprint density at radius 1 is 0.556 bits per heavy atom. The number of hydrogen-bond donors (Lipinski definition) is 2. The molecular weight excluding hydrogens is 606 g/mol. The smallest absolute Gasteiger partial charge is 0.355 e. The topological polar surface area (TPSA) is 249 Å². The van der Waals surface area contributed by atoms with Gasteiger partial charge >= 0.3 is 17.9 Å². The minimum absolute atomic E-state index is 0.0663. The molecule has 2 N–H and O–H groups in total. The van der Waals surface area contributed by atoms with Gasteiger partial charge in [-0.3, -0.25) is 38.4 Å². The first-order chi connectivity index (χ1) is 21.3. The maximum Gasteiger partial charge on any atom is 0.355 e. The predicted molar refractivity (Wildman–Crippen MR) is 139 cm³/mol. The quantitative estimate of drug-likeness (QED) is 0.139. The minimum Gasteiger partial charge on any atom is -0.356 e. The normalized spacial score (nSPS) is 17.1. The van der Waals surface area contributed by atoms with E-state index in [2.05, 4.69) is 20.3 Å². The Bertz CT molecular complexity index is 1250. The van der Waals surface area contributed by atoms with Crippen molar-refractivity contribution in [1.29, 1.82) is 0 Å². The van der Waals surface area contributed by atoms with E-state index in [1.807, 2.05) is 0 Å². The zero-order valence-corrected chi connectivity index (χ0v) is 24.0. The number of carbonyl (C=O) groups is 11. The highest BCUT2D eigenvalue weighted by Gasteiger charge is 2.36. The molecule has 3 saturated heterocycles. The van der Waals surface area contributed by atoms with Gasteiger partial charge in [0.2, 0.25) is 11.8 Å². The molecule has 0 aromatic carbocycles. The lowest BCUT2D eigenvalue weighted by atomic mass is 10.1. The second-order valence-corrected chi connectivity index (χ2v) is 10.0. The van der Waals surface area contributed by atoms with Crippen LogP contribution in [-0.4, -0.2) is 92.9 Å². The molecule has 19 heteroatoms. The molecule has 0 bridgehead atoms. The van der Waals surface area contributed by atoms with Crippen LogP contribution in [0.25, 0.3) is 0 Å². The van der Waals surface area contributed by atoms with Gasteiger partial charge < -0.3 is 25.1 Å². The van der Waals surface area contributed by atoms with E-state index in [1.54, 1.807) is 0 Å². The molecule has 3 fully saturated rings. The Hall–Kier alpha value is -5.23. The molecular formula is C26H31N5O14. The number of hydrogen-bond acceptors (Lipinski definition) is 14. The summed E-state index contributed by atoms with van der Waals surface area (Å²) in [5, 5.41) is 5.89. The summed E-state index contributed by atoms with van der Waals surface area (Å²) in [6, 6.07) is -1.36. The molecule has 0 aromatic heterocycles. The Balaban J connectivity index is 1.42. The number of nitrogens with one attached hydrogen (secondary N) is 2. The summed E-state index contributed by atoms with van der Waals surface area (Å²) in [5.74, 6) is -8.62. The fraction of sp³-hybridized carbons (Fsp3) is 0.577. The Labute approximate surface area is 254 Å². The SMILES string of the molecule is O=C(CCC(=O)ON1C(=O)CCC1=O)NCCCCC(NC(=O)CCC(=O)ON1C(=O)CCC1=O)C(=O)ON1C(=O)CCC1=O. The van der Waals surface area contributed by atoms with Gasteiger partial charge in [0.15, 0.2) is 0 Å². The molecule has 0 saturated carbocycles. The van der Waals surface area contributed by atoms with Gasteiger partial charge in [-0.1, -0.05) is 0 Å². The summed E-state index contributed by atoms with van der Waals surface area (Å²) in [4.78, 5) is 145. The summed E-state index contributed by atoms with van der Waals surface area (Å²) < 4.78 is 0. The van der Waals surface area contributed by atoms with Crippen LogP contribution in [0.15, 0.2) is 0 Å². The van der Waals surface area contributed by atoms with E-state index in [4.69, 9.17) is 4.84 Å². The third-order valence-corrected chi connectivity index (χ3v) is 6.56. The average molecular weight is 638 g/mol. The first-order valence-corrected chi connectivity index (χ1v) is 14.1. The maximum atomic E-state index is 12.7. The second kappa shape index (κ2) is 16.0. The van der Waals surface area contributed by atoms with Crippen LogP contribution >= 0.6 is 0 Å². The van der Waals surface area contributed by atoms with Crippen molar-refractivity contribution in [2.75, 3.05) is 6.54 Å². The lowest BCUT2D eigenvalue weighted by Gasteiger charge is -2.20. The van der Waals surface area contributed by atoms with Crippen molar-refractivity contribution in [2.24, 2.45) is 0 Å². The highest BCUT2D eigenvalue weighted by molar-refractivity contribution is 6.03. The Morgan fingerprint density at radius 3 is 1.40 bits per heavy atom. The van der Waals surface area contributed by atoms with Crippen molar-refractivity contribution >= 4 is 65.2 Å². The minimum atomic E-state index is -1.36. The number of imide groups is 3. The van der Waals surface area contributed by atoms with E-state index < -0.39 is 90.5 Å². The fourth-order valence-electron chi connectivity index (χ4n) is 4.16. The van der Waals surface area contributed by atoms with E-state index in [1.165, 1.54) is 0 Å². The van der Waals surface area contributed by atoms with Gasteiger partial charge in [-0.2, -0.15) is 0 Å². The monoisotopic (exact) mass is 637 g/mol. The number of carbonyl (C=O) groups excluding carboxylic acids is 11. The number of hydroxylamine groups is 6. The first kappa shape index (κ1) is 34.3. The lowest BCUT2D eigenvalue weighted by molar-refractivity contribution is -0.199. The average Bonchev–Trinajstić information content (AvgIpc) is 3.61. The van der Waals surface area contributed by atoms with Crippen molar-refractivity contribution in [3.63, 3.8) is 0 Å². The molecule has 1 atom stereocenters. The molecule has 0 aromatic rings. The van der Waals surface area contributed by atoms with Crippen LogP contribution in [0.5, 0.6) is 0 Å². The van der Waals surface area contributed by atoms with Gasteiger partial charge in [0, 0.05) is 57.9 Å². The molecule has 244 valence electrons. The van der Waals surface area contributed by atoms with Gasteiger partial charge in [-0.25, -0.2) is 14.4 Å². The largest absolute Gasteiger partial charge is 0.356 e. The Kier molecular flexibility index (Phi) is 12.2. The maximum absolute atomic E-state index is 12.7. The van der Waals surface area contributed by atoms with E-state index in [0.29, 0.717) is 15.2 Å². The van der Waals surface area contributed by atoms with Crippen LogP contribution in [0.3, 0.4) is 0 Å². The fourth-order valence-corrected chi connectivity index (χ4v) is 4.16. The molecule has 3 heterocycles. The third-order valence-electron chi connectivity index (χ3n) is 6.56. The number of unbranched alkanes of at least 4 members (excludes halogenated alkanes) is 1. The zero-order valence-electron chi connectivity index (χ0n) is 24.0. The second-order valence-electron chi connectivity index (χ2n) is 10.0. The molecule has 8 amide bonds. The summed E-state index contributed by atoms with van der Waals surface area (Å²) >= 11 is 0. The Morgan fingerprint density at radius 2 is 0.956 bits per heavy atom. The van der Waals surface area contributed by atoms with Crippen LogP contribution in [0, 0.1) is 0 Å². The van der Waals surface area contributed by atoms with Crippen molar-refractivity contribution in [1.82, 2.24) is 25.8 Å². The van der Waals surface area contributed by atoms with E-state index in [-0.39, 0.29) is 70.8 Å². The van der Waals surface area contributed by atoms with Crippen molar-refractivity contribution in [2.45, 2.75) is 89.5 Å². The van der Waals surface area contributed by atoms with Crippen LogP contribution in [0.4, 0.5) is 0 Å². The predicted octanol–water partition coefficient (Wildman–Crippen LogP) is -1.86. The standard InChI is InChI=1S/C26H31N5O14/c32-16(4-12-24(40)43-29-18(34)6-7-19(29)35)27-14-2-1-3-15(26(42)45-31-22(38)10-11-23(31)39)28-17(33)5-13-25(41)44-30-20(36)8-9-21(30)37/h15H,1-14H2,(H,27,32)(H,28,33).